The highest BCUT2D eigenvalue weighted by molar-refractivity contribution is 7.14. The van der Waals surface area contributed by atoms with E-state index < -0.39 is 0 Å². The Morgan fingerprint density at radius 3 is 2.52 bits per heavy atom. The van der Waals surface area contributed by atoms with Crippen LogP contribution in [0.3, 0.4) is 0 Å². The van der Waals surface area contributed by atoms with E-state index in [0.717, 1.165) is 16.8 Å². The van der Waals surface area contributed by atoms with Crippen LogP contribution in [0.15, 0.2) is 53.9 Å². The Hall–Kier alpha value is -3.19. The molecule has 0 saturated carbocycles. The summed E-state index contributed by atoms with van der Waals surface area (Å²) in [4.78, 5) is 28.5. The van der Waals surface area contributed by atoms with E-state index in [4.69, 9.17) is 0 Å². The predicted molar refractivity (Wildman–Crippen MR) is 109 cm³/mol. The van der Waals surface area contributed by atoms with Crippen LogP contribution in [0.1, 0.15) is 16.8 Å². The quantitative estimate of drug-likeness (QED) is 0.606. The molecule has 0 unspecified atom stereocenters. The average Bonchev–Trinajstić information content (AvgIpc) is 3.05. The van der Waals surface area contributed by atoms with Crippen molar-refractivity contribution in [1.82, 2.24) is 4.98 Å². The second kappa shape index (κ2) is 8.46. The summed E-state index contributed by atoms with van der Waals surface area (Å²) in [5.41, 5.74) is 4.26. The summed E-state index contributed by atoms with van der Waals surface area (Å²) in [6.07, 6.45) is 0.145. The van der Waals surface area contributed by atoms with Crippen molar-refractivity contribution in [3.05, 3.63) is 70.7 Å². The van der Waals surface area contributed by atoms with Crippen LogP contribution in [-0.4, -0.2) is 16.9 Å². The minimum Gasteiger partial charge on any atom is -0.326 e. The van der Waals surface area contributed by atoms with Gasteiger partial charge in [-0.25, -0.2) is 9.78 Å². The van der Waals surface area contributed by atoms with Crippen LogP contribution in [0, 0.1) is 13.8 Å². The summed E-state index contributed by atoms with van der Waals surface area (Å²) >= 11 is 1.28. The normalized spacial score (nSPS) is 10.3. The molecule has 6 nitrogen and oxygen atoms in total. The van der Waals surface area contributed by atoms with Gasteiger partial charge in [-0.2, -0.15) is 0 Å². The first-order chi connectivity index (χ1) is 13.0. The lowest BCUT2D eigenvalue weighted by Crippen LogP contribution is -2.19. The molecule has 3 amide bonds. The number of urea groups is 1. The fraction of sp³-hybridized carbons (Fsp3) is 0.150. The van der Waals surface area contributed by atoms with Gasteiger partial charge in [-0.3, -0.25) is 10.1 Å². The van der Waals surface area contributed by atoms with E-state index in [0.29, 0.717) is 16.5 Å². The number of nitrogens with one attached hydrogen (secondary N) is 3. The van der Waals surface area contributed by atoms with Crippen molar-refractivity contribution in [2.24, 2.45) is 0 Å². The second-order valence-corrected chi connectivity index (χ2v) is 6.99. The van der Waals surface area contributed by atoms with Gasteiger partial charge in [0.1, 0.15) is 0 Å². The number of thiazole rings is 1. The molecule has 1 aromatic heterocycles. The number of benzene rings is 2. The van der Waals surface area contributed by atoms with Gasteiger partial charge in [-0.1, -0.05) is 35.9 Å². The van der Waals surface area contributed by atoms with Crippen molar-refractivity contribution in [3.63, 3.8) is 0 Å². The van der Waals surface area contributed by atoms with Crippen molar-refractivity contribution < 1.29 is 9.59 Å². The van der Waals surface area contributed by atoms with E-state index in [-0.39, 0.29) is 18.4 Å². The maximum absolute atomic E-state index is 12.2. The molecule has 27 heavy (non-hydrogen) atoms. The fourth-order valence-electron chi connectivity index (χ4n) is 2.54. The molecule has 0 aliphatic heterocycles. The molecule has 1 heterocycles. The third-order valence-corrected chi connectivity index (χ3v) is 4.61. The Morgan fingerprint density at radius 2 is 1.78 bits per heavy atom. The number of para-hydroxylation sites is 1. The topological polar surface area (TPSA) is 83.1 Å². The highest BCUT2D eigenvalue weighted by Crippen LogP contribution is 2.19. The molecule has 0 bridgehead atoms. The third kappa shape index (κ3) is 5.39. The zero-order valence-corrected chi connectivity index (χ0v) is 15.9. The van der Waals surface area contributed by atoms with E-state index in [1.165, 1.54) is 11.3 Å². The monoisotopic (exact) mass is 380 g/mol. The SMILES string of the molecule is Cc1ccc(NC(=O)Cc2csc(NC(=O)Nc3ccccc3)n2)c(C)c1. The minimum absolute atomic E-state index is 0.145. The highest BCUT2D eigenvalue weighted by Gasteiger charge is 2.11. The molecule has 0 spiro atoms. The molecule has 3 aromatic rings. The Labute approximate surface area is 161 Å². The summed E-state index contributed by atoms with van der Waals surface area (Å²) in [5, 5.41) is 10.5. The summed E-state index contributed by atoms with van der Waals surface area (Å²) in [5.74, 6) is -0.146. The minimum atomic E-state index is -0.373. The molecule has 0 aliphatic rings. The molecule has 3 rings (SSSR count). The van der Waals surface area contributed by atoms with Crippen LogP contribution in [0.25, 0.3) is 0 Å². The summed E-state index contributed by atoms with van der Waals surface area (Å²) in [6.45, 7) is 3.97. The lowest BCUT2D eigenvalue weighted by atomic mass is 10.1. The van der Waals surface area contributed by atoms with Gasteiger partial charge in [-0.05, 0) is 37.6 Å². The van der Waals surface area contributed by atoms with E-state index in [1.807, 2.05) is 50.2 Å². The Bertz CT molecular complexity index is 954. The molecule has 7 heteroatoms. The summed E-state index contributed by atoms with van der Waals surface area (Å²) in [7, 11) is 0. The van der Waals surface area contributed by atoms with Crippen LogP contribution in [0.4, 0.5) is 21.3 Å². The van der Waals surface area contributed by atoms with Gasteiger partial charge in [0.25, 0.3) is 0 Å². The van der Waals surface area contributed by atoms with Crippen LogP contribution in [-0.2, 0) is 11.2 Å². The van der Waals surface area contributed by atoms with Crippen molar-refractivity contribution in [2.75, 3.05) is 16.0 Å². The molecule has 0 aliphatic carbocycles. The number of anilines is 3. The molecule has 0 radical (unpaired) electrons. The zero-order chi connectivity index (χ0) is 19.2. The first kappa shape index (κ1) is 18.6. The second-order valence-electron chi connectivity index (χ2n) is 6.13. The first-order valence-electron chi connectivity index (χ1n) is 8.44. The van der Waals surface area contributed by atoms with Gasteiger partial charge >= 0.3 is 6.03 Å². The molecule has 3 N–H and O–H groups in total. The van der Waals surface area contributed by atoms with Crippen molar-refractivity contribution in [3.8, 4) is 0 Å². The number of carbonyl (C=O) groups excluding carboxylic acids is 2. The van der Waals surface area contributed by atoms with E-state index in [1.54, 1.807) is 17.5 Å². The number of hydrogen-bond acceptors (Lipinski definition) is 4. The number of aromatic nitrogens is 1. The van der Waals surface area contributed by atoms with Gasteiger partial charge < -0.3 is 10.6 Å². The Balaban J connectivity index is 1.54. The van der Waals surface area contributed by atoms with E-state index in [2.05, 4.69) is 20.9 Å². The fourth-order valence-corrected chi connectivity index (χ4v) is 3.24. The maximum Gasteiger partial charge on any atom is 0.325 e. The van der Waals surface area contributed by atoms with Crippen LogP contribution >= 0.6 is 11.3 Å². The van der Waals surface area contributed by atoms with Crippen LogP contribution in [0.2, 0.25) is 0 Å². The number of amides is 3. The summed E-state index contributed by atoms with van der Waals surface area (Å²) < 4.78 is 0. The predicted octanol–water partition coefficient (Wildman–Crippen LogP) is 4.59. The molecule has 138 valence electrons. The van der Waals surface area contributed by atoms with Gasteiger partial charge in [0, 0.05) is 16.8 Å². The molecule has 0 fully saturated rings. The zero-order valence-electron chi connectivity index (χ0n) is 15.1. The van der Waals surface area contributed by atoms with Crippen LogP contribution < -0.4 is 16.0 Å². The number of hydrogen-bond donors (Lipinski definition) is 3. The van der Waals surface area contributed by atoms with Gasteiger partial charge in [0.2, 0.25) is 5.91 Å². The first-order valence-corrected chi connectivity index (χ1v) is 9.32. The van der Waals surface area contributed by atoms with Crippen molar-refractivity contribution in [2.45, 2.75) is 20.3 Å². The Kier molecular flexibility index (Phi) is 5.83. The largest absolute Gasteiger partial charge is 0.326 e. The average molecular weight is 380 g/mol. The van der Waals surface area contributed by atoms with Crippen LogP contribution in [0.5, 0.6) is 0 Å². The number of aryl methyl sites for hydroxylation is 2. The lowest BCUT2D eigenvalue weighted by Gasteiger charge is -2.08. The smallest absolute Gasteiger partial charge is 0.325 e. The Morgan fingerprint density at radius 1 is 1.00 bits per heavy atom. The lowest BCUT2D eigenvalue weighted by molar-refractivity contribution is -0.115. The molecule has 2 aromatic carbocycles. The van der Waals surface area contributed by atoms with E-state index >= 15 is 0 Å². The van der Waals surface area contributed by atoms with Crippen molar-refractivity contribution >= 4 is 39.8 Å². The highest BCUT2D eigenvalue weighted by atomic mass is 32.1. The van der Waals surface area contributed by atoms with Gasteiger partial charge in [0.05, 0.1) is 12.1 Å². The number of carbonyl (C=O) groups is 2. The van der Waals surface area contributed by atoms with E-state index in [9.17, 15) is 9.59 Å². The summed E-state index contributed by atoms with van der Waals surface area (Å²) in [6, 6.07) is 14.6. The third-order valence-electron chi connectivity index (χ3n) is 3.80. The molecule has 0 atom stereocenters. The molecular weight excluding hydrogens is 360 g/mol. The number of nitrogens with zero attached hydrogens (tertiary/aromatic N) is 1. The van der Waals surface area contributed by atoms with Gasteiger partial charge in [-0.15, -0.1) is 11.3 Å². The standard InChI is InChI=1S/C20H20N4O2S/c1-13-8-9-17(14(2)10-13)23-18(25)11-16-12-27-20(22-16)24-19(26)21-15-6-4-3-5-7-15/h3-10,12H,11H2,1-2H3,(H,23,25)(H2,21,22,24,26). The van der Waals surface area contributed by atoms with Crippen molar-refractivity contribution in [1.29, 1.82) is 0 Å². The number of rotatable bonds is 5. The maximum atomic E-state index is 12.2. The molecule has 0 saturated heterocycles. The molecular formula is C20H20N4O2S. The van der Waals surface area contributed by atoms with Gasteiger partial charge in [0.15, 0.2) is 5.13 Å².